The van der Waals surface area contributed by atoms with Gasteiger partial charge in [0.2, 0.25) is 0 Å². The molecule has 1 aromatic heterocycles. The summed E-state index contributed by atoms with van der Waals surface area (Å²) in [5.74, 6) is -0.309. The quantitative estimate of drug-likeness (QED) is 0.639. The van der Waals surface area contributed by atoms with Gasteiger partial charge in [-0.25, -0.2) is 0 Å². The molecule has 3 rings (SSSR count). The number of nitro groups is 1. The predicted molar refractivity (Wildman–Crippen MR) is 67.3 cm³/mol. The lowest BCUT2D eigenvalue weighted by Crippen LogP contribution is -2.30. The van der Waals surface area contributed by atoms with Gasteiger partial charge < -0.3 is 5.32 Å². The molecule has 1 fully saturated rings. The van der Waals surface area contributed by atoms with Crippen LogP contribution in [0.15, 0.2) is 10.9 Å². The second kappa shape index (κ2) is 4.47. The molecule has 114 valence electrons. The first-order valence-corrected chi connectivity index (χ1v) is 6.58. The minimum atomic E-state index is -4.94. The lowest BCUT2D eigenvalue weighted by molar-refractivity contribution is -0.387. The first-order valence-electron chi connectivity index (χ1n) is 6.58. The van der Waals surface area contributed by atoms with E-state index in [9.17, 15) is 28.1 Å². The van der Waals surface area contributed by atoms with Gasteiger partial charge >= 0.3 is 11.9 Å². The second-order valence-electron chi connectivity index (χ2n) is 5.32. The Bertz CT molecular complexity index is 668. The highest BCUT2D eigenvalue weighted by Crippen LogP contribution is 2.45. The number of halogens is 3. The Kier molecular flexibility index (Phi) is 2.96. The molecule has 2 heterocycles. The lowest BCUT2D eigenvalue weighted by atomic mass is 9.91. The maximum absolute atomic E-state index is 12.9. The smallest absolute Gasteiger partial charge is 0.361 e. The number of aromatic nitrogens is 1. The topological polar surface area (TPSA) is 77.2 Å². The molecule has 1 N–H and O–H groups in total. The molecule has 2 atom stereocenters. The van der Waals surface area contributed by atoms with Crippen molar-refractivity contribution in [3.8, 4) is 0 Å². The summed E-state index contributed by atoms with van der Waals surface area (Å²) in [5, 5.41) is 13.9. The van der Waals surface area contributed by atoms with Gasteiger partial charge in [-0.15, -0.1) is 0 Å². The second-order valence-corrected chi connectivity index (χ2v) is 5.32. The summed E-state index contributed by atoms with van der Waals surface area (Å²) in [7, 11) is 0. The van der Waals surface area contributed by atoms with Crippen molar-refractivity contribution in [2.45, 2.75) is 43.9 Å². The minimum Gasteiger partial charge on any atom is -0.361 e. The van der Waals surface area contributed by atoms with Crippen molar-refractivity contribution < 1.29 is 18.1 Å². The van der Waals surface area contributed by atoms with Crippen LogP contribution in [0.4, 0.5) is 24.7 Å². The van der Waals surface area contributed by atoms with E-state index in [4.69, 9.17) is 0 Å². The third-order valence-corrected chi connectivity index (χ3v) is 4.10. The van der Waals surface area contributed by atoms with E-state index in [1.54, 1.807) is 0 Å². The van der Waals surface area contributed by atoms with Crippen molar-refractivity contribution in [1.82, 2.24) is 4.57 Å². The Morgan fingerprint density at radius 3 is 2.62 bits per heavy atom. The van der Waals surface area contributed by atoms with Crippen LogP contribution in [0.3, 0.4) is 0 Å². The number of nitrogens with zero attached hydrogens (tertiary/aromatic N) is 2. The molecule has 0 bridgehead atoms. The third-order valence-electron chi connectivity index (χ3n) is 4.10. The highest BCUT2D eigenvalue weighted by atomic mass is 19.4. The van der Waals surface area contributed by atoms with Crippen LogP contribution in [-0.4, -0.2) is 15.5 Å². The van der Waals surface area contributed by atoms with Crippen LogP contribution in [-0.2, 0) is 6.18 Å². The van der Waals surface area contributed by atoms with Crippen LogP contribution in [0.2, 0.25) is 0 Å². The molecule has 9 heteroatoms. The Balaban J connectivity index is 2.26. The van der Waals surface area contributed by atoms with E-state index < -0.39 is 27.9 Å². The molecule has 1 saturated carbocycles. The van der Waals surface area contributed by atoms with Crippen LogP contribution in [0, 0.1) is 10.1 Å². The molecule has 0 radical (unpaired) electrons. The summed E-state index contributed by atoms with van der Waals surface area (Å²) < 4.78 is 40.0. The lowest BCUT2D eigenvalue weighted by Gasteiger charge is -2.25. The van der Waals surface area contributed by atoms with Gasteiger partial charge in [-0.1, -0.05) is 12.8 Å². The molecule has 0 saturated heterocycles. The maximum atomic E-state index is 12.9. The molecule has 2 aliphatic rings. The van der Waals surface area contributed by atoms with E-state index >= 15 is 0 Å². The van der Waals surface area contributed by atoms with Gasteiger partial charge in [0.05, 0.1) is 11.0 Å². The van der Waals surface area contributed by atoms with Crippen LogP contribution in [0.25, 0.3) is 0 Å². The van der Waals surface area contributed by atoms with Crippen molar-refractivity contribution in [3.05, 3.63) is 32.1 Å². The van der Waals surface area contributed by atoms with E-state index in [2.05, 4.69) is 5.32 Å². The fourth-order valence-corrected chi connectivity index (χ4v) is 3.25. The number of anilines is 1. The summed E-state index contributed by atoms with van der Waals surface area (Å²) in [5.41, 5.74) is -3.39. The van der Waals surface area contributed by atoms with Crippen molar-refractivity contribution >= 4 is 11.5 Å². The zero-order chi connectivity index (χ0) is 15.4. The summed E-state index contributed by atoms with van der Waals surface area (Å²) >= 11 is 0. The summed E-state index contributed by atoms with van der Waals surface area (Å²) in [4.78, 5) is 22.0. The minimum absolute atomic E-state index is 0.214. The van der Waals surface area contributed by atoms with Gasteiger partial charge in [0, 0.05) is 12.1 Å². The molecule has 6 nitrogen and oxygen atoms in total. The monoisotopic (exact) mass is 303 g/mol. The van der Waals surface area contributed by atoms with Crippen LogP contribution in [0.1, 0.15) is 37.3 Å². The maximum Gasteiger partial charge on any atom is 0.423 e. The zero-order valence-corrected chi connectivity index (χ0v) is 10.8. The normalized spacial score (nSPS) is 24.1. The molecular weight excluding hydrogens is 291 g/mol. The molecule has 1 aromatic rings. The van der Waals surface area contributed by atoms with Crippen molar-refractivity contribution in [2.75, 3.05) is 5.32 Å². The number of rotatable bonds is 1. The molecule has 1 aliphatic heterocycles. The molecule has 0 unspecified atom stereocenters. The highest BCUT2D eigenvalue weighted by Gasteiger charge is 2.46. The highest BCUT2D eigenvalue weighted by molar-refractivity contribution is 5.65. The average Bonchev–Trinajstić information content (AvgIpc) is 2.76. The summed E-state index contributed by atoms with van der Waals surface area (Å²) in [6.45, 7) is 0. The van der Waals surface area contributed by atoms with Gasteiger partial charge in [-0.3, -0.25) is 19.5 Å². The SMILES string of the molecule is O=c1cc(C(F)(F)F)c([N+](=O)[O-])c2n1[C@H]1CCCC[C@H]1N2. The molecule has 21 heavy (non-hydrogen) atoms. The van der Waals surface area contributed by atoms with E-state index in [0.717, 1.165) is 17.4 Å². The molecule has 0 amide bonds. The van der Waals surface area contributed by atoms with Gasteiger partial charge in [0.15, 0.2) is 5.82 Å². The Hall–Kier alpha value is -2.06. The van der Waals surface area contributed by atoms with Crippen molar-refractivity contribution in [3.63, 3.8) is 0 Å². The molecule has 0 aromatic carbocycles. The molecular formula is C12H12F3N3O3. The average molecular weight is 303 g/mol. The van der Waals surface area contributed by atoms with Gasteiger partial charge in [-0.2, -0.15) is 13.2 Å². The number of pyridine rings is 1. The van der Waals surface area contributed by atoms with E-state index in [1.807, 2.05) is 0 Å². The Morgan fingerprint density at radius 2 is 2.00 bits per heavy atom. The van der Waals surface area contributed by atoms with Gasteiger partial charge in [0.25, 0.3) is 5.56 Å². The van der Waals surface area contributed by atoms with Crippen LogP contribution >= 0.6 is 0 Å². The van der Waals surface area contributed by atoms with E-state index in [0.29, 0.717) is 18.9 Å². The van der Waals surface area contributed by atoms with Crippen LogP contribution in [0.5, 0.6) is 0 Å². The number of hydrogen-bond donors (Lipinski definition) is 1. The number of hydrogen-bond acceptors (Lipinski definition) is 4. The zero-order valence-electron chi connectivity index (χ0n) is 10.8. The summed E-state index contributed by atoms with van der Waals surface area (Å²) in [6.07, 6.45) is -1.88. The van der Waals surface area contributed by atoms with E-state index in [-0.39, 0.29) is 17.9 Å². The molecule has 1 aliphatic carbocycles. The predicted octanol–water partition coefficient (Wildman–Crippen LogP) is 2.68. The standard InChI is InChI=1S/C12H12F3N3O3/c13-12(14,15)6-5-9(19)17-8-4-2-1-3-7(8)16-11(17)10(6)18(20)21/h5,7-8,16H,1-4H2/t7-,8+/m1/s1. The number of fused-ring (bicyclic) bond motifs is 3. The third kappa shape index (κ3) is 2.07. The number of nitrogens with one attached hydrogen (secondary N) is 1. The number of alkyl halides is 3. The van der Waals surface area contributed by atoms with E-state index in [1.165, 1.54) is 0 Å². The van der Waals surface area contributed by atoms with Crippen molar-refractivity contribution in [2.24, 2.45) is 0 Å². The first kappa shape index (κ1) is 13.9. The summed E-state index contributed by atoms with van der Waals surface area (Å²) in [6, 6.07) is -0.184. The largest absolute Gasteiger partial charge is 0.423 e. The molecule has 0 spiro atoms. The van der Waals surface area contributed by atoms with Crippen molar-refractivity contribution in [1.29, 1.82) is 0 Å². The fraction of sp³-hybridized carbons (Fsp3) is 0.583. The fourth-order valence-electron chi connectivity index (χ4n) is 3.25. The van der Waals surface area contributed by atoms with Gasteiger partial charge in [-0.05, 0) is 12.8 Å². The van der Waals surface area contributed by atoms with Gasteiger partial charge in [0.1, 0.15) is 5.56 Å². The Labute approximate surface area is 116 Å². The Morgan fingerprint density at radius 1 is 1.33 bits per heavy atom. The first-order chi connectivity index (χ1) is 9.80. The van der Waals surface area contributed by atoms with Crippen LogP contribution < -0.4 is 10.9 Å².